The molecule has 2 heterocycles. The van der Waals surface area contributed by atoms with E-state index in [9.17, 15) is 39.3 Å². The van der Waals surface area contributed by atoms with Crippen molar-refractivity contribution in [3.63, 3.8) is 0 Å². The van der Waals surface area contributed by atoms with Gasteiger partial charge in [-0.3, -0.25) is 9.59 Å². The maximum atomic E-state index is 16.5. The lowest BCUT2D eigenvalue weighted by Gasteiger charge is -2.67. The van der Waals surface area contributed by atoms with Crippen LogP contribution in [0.4, 0.5) is 13.6 Å². The Kier molecular flexibility index (Phi) is 10.7. The van der Waals surface area contributed by atoms with E-state index in [0.717, 1.165) is 6.92 Å². The molecular formula is C41H50F2N2O13. The molecule has 5 N–H and O–H groups in total. The molecule has 316 valence electrons. The molecule has 1 unspecified atom stereocenters. The highest BCUT2D eigenvalue weighted by molar-refractivity contribution is 5.94. The van der Waals surface area contributed by atoms with Gasteiger partial charge in [-0.25, -0.2) is 14.4 Å². The summed E-state index contributed by atoms with van der Waals surface area (Å²) in [4.78, 5) is 70.9. The Morgan fingerprint density at radius 3 is 2.22 bits per heavy atom. The SMILES string of the molecule is CC(=O)O[C@@]12CO[C@@H]1C[C@H](O)[C@@]1(C)C(=O)[C@H](O)C3=C(C)[C@@H](OC(=O)C(F)(F)C(NC(=O)OC(C)(C)C)c4ccc[nH]4)C[C@@](O)([C@@H](OC(=O)c4ccccc4)[C@H]21)C3(C)C. The molecule has 15 nitrogen and oxygen atoms in total. The molecule has 1 aromatic heterocycles. The van der Waals surface area contributed by atoms with E-state index in [1.807, 2.05) is 5.32 Å². The molecule has 3 aliphatic carbocycles. The molecule has 0 spiro atoms. The second-order valence-corrected chi connectivity index (χ2v) is 17.4. The largest absolute Gasteiger partial charge is 0.455 e. The highest BCUT2D eigenvalue weighted by Gasteiger charge is 2.78. The van der Waals surface area contributed by atoms with Crippen LogP contribution in [0.3, 0.4) is 0 Å². The highest BCUT2D eigenvalue weighted by atomic mass is 19.3. The second kappa shape index (κ2) is 14.5. The van der Waals surface area contributed by atoms with Crippen molar-refractivity contribution in [1.29, 1.82) is 0 Å². The number of hydrogen-bond acceptors (Lipinski definition) is 13. The lowest BCUT2D eigenvalue weighted by atomic mass is 9.44. The molecule has 6 rings (SSSR count). The van der Waals surface area contributed by atoms with Crippen LogP contribution in [-0.4, -0.2) is 110 Å². The van der Waals surface area contributed by atoms with Crippen LogP contribution >= 0.6 is 0 Å². The van der Waals surface area contributed by atoms with Crippen LogP contribution < -0.4 is 5.32 Å². The number of halogens is 2. The summed E-state index contributed by atoms with van der Waals surface area (Å²) in [7, 11) is 0. The minimum absolute atomic E-state index is 0.0107. The third kappa shape index (κ3) is 6.78. The molecule has 1 aromatic carbocycles. The first-order chi connectivity index (χ1) is 26.8. The molecule has 1 amide bonds. The standard InChI is InChI=1S/C41H50F2N2O13/c1-20-24(55-34(51)41(42,43)30(23-15-12-16-44-23)45-35(52)58-36(3,4)5)18-40(53)32(56-33(50)22-13-10-9-11-14-22)29-38(8,31(49)28(48)27(20)37(40,6)7)25(47)17-26-39(29,19-54-26)57-21(2)46/h9-16,24-26,28-30,32,44,47-48,53H,17-19H2,1-8H3,(H,45,52)/t24-,25-,26+,28+,29-,30?,32-,38+,39-,40+/m0/s1. The summed E-state index contributed by atoms with van der Waals surface area (Å²) < 4.78 is 61.6. The number of aliphatic hydroxyl groups excluding tert-OH is 2. The van der Waals surface area contributed by atoms with E-state index in [4.69, 9.17) is 23.7 Å². The van der Waals surface area contributed by atoms with Crippen LogP contribution in [0.5, 0.6) is 0 Å². The first-order valence-corrected chi connectivity index (χ1v) is 19.0. The molecule has 2 saturated carbocycles. The molecule has 17 heteroatoms. The zero-order chi connectivity index (χ0) is 43.0. The average Bonchev–Trinajstić information content (AvgIpc) is 3.66. The summed E-state index contributed by atoms with van der Waals surface area (Å²) in [6.07, 6.45) is -9.53. The number of amides is 1. The van der Waals surface area contributed by atoms with Gasteiger partial charge in [0.25, 0.3) is 0 Å². The third-order valence-electron chi connectivity index (χ3n) is 12.4. The molecule has 3 fully saturated rings. The van der Waals surface area contributed by atoms with Gasteiger partial charge in [-0.2, -0.15) is 8.78 Å². The van der Waals surface area contributed by atoms with Gasteiger partial charge >= 0.3 is 29.9 Å². The van der Waals surface area contributed by atoms with Crippen LogP contribution in [0.1, 0.15) is 90.3 Å². The second-order valence-electron chi connectivity index (χ2n) is 17.4. The summed E-state index contributed by atoms with van der Waals surface area (Å²) in [6, 6.07) is 7.83. The molecular weight excluding hydrogens is 766 g/mol. The van der Waals surface area contributed by atoms with E-state index in [-0.39, 0.29) is 35.4 Å². The van der Waals surface area contributed by atoms with Gasteiger partial charge in [0.2, 0.25) is 0 Å². The van der Waals surface area contributed by atoms with Crippen molar-refractivity contribution in [3.8, 4) is 0 Å². The number of carbonyl (C=O) groups excluding carboxylic acids is 5. The number of ketones is 1. The Morgan fingerprint density at radius 1 is 1.02 bits per heavy atom. The first-order valence-electron chi connectivity index (χ1n) is 19.0. The lowest BCUT2D eigenvalue weighted by Crippen LogP contribution is -2.81. The Balaban J connectivity index is 1.50. The van der Waals surface area contributed by atoms with Crippen LogP contribution in [-0.2, 0) is 38.1 Å². The summed E-state index contributed by atoms with van der Waals surface area (Å²) in [5, 5.41) is 39.3. The Labute approximate surface area is 333 Å². The molecule has 0 radical (unpaired) electrons. The monoisotopic (exact) mass is 816 g/mol. The zero-order valence-electron chi connectivity index (χ0n) is 33.5. The van der Waals surface area contributed by atoms with Crippen LogP contribution in [0.15, 0.2) is 59.8 Å². The topological polar surface area (TPSA) is 220 Å². The fourth-order valence-corrected chi connectivity index (χ4v) is 9.41. The molecule has 2 bridgehead atoms. The van der Waals surface area contributed by atoms with Gasteiger partial charge in [-0.05, 0) is 70.0 Å². The molecule has 58 heavy (non-hydrogen) atoms. The van der Waals surface area contributed by atoms with Gasteiger partial charge in [-0.1, -0.05) is 32.0 Å². The number of esters is 3. The number of Topliss-reactive ketones (excluding diaryl/α,β-unsaturated/α-hetero) is 1. The fraction of sp³-hybridized carbons (Fsp3) is 0.585. The Bertz CT molecular complexity index is 2000. The van der Waals surface area contributed by atoms with Crippen molar-refractivity contribution in [2.45, 2.75) is 128 Å². The molecule has 4 aliphatic rings. The Hall–Kier alpha value is -4.71. The predicted molar refractivity (Wildman–Crippen MR) is 197 cm³/mol. The van der Waals surface area contributed by atoms with E-state index in [1.54, 1.807) is 18.2 Å². The molecule has 1 aliphatic heterocycles. The number of benzene rings is 1. The number of alkyl halides is 2. The third-order valence-corrected chi connectivity index (χ3v) is 12.4. The Morgan fingerprint density at radius 2 is 1.67 bits per heavy atom. The van der Waals surface area contributed by atoms with Crippen LogP contribution in [0, 0.1) is 16.7 Å². The van der Waals surface area contributed by atoms with E-state index >= 15 is 8.78 Å². The van der Waals surface area contributed by atoms with E-state index in [1.165, 1.54) is 78.9 Å². The van der Waals surface area contributed by atoms with E-state index in [0.29, 0.717) is 0 Å². The number of aliphatic hydroxyl groups is 3. The zero-order valence-corrected chi connectivity index (χ0v) is 33.5. The normalized spacial score (nSPS) is 33.5. The maximum Gasteiger partial charge on any atom is 0.408 e. The number of ether oxygens (including phenoxy) is 5. The quantitative estimate of drug-likeness (QED) is 0.145. The van der Waals surface area contributed by atoms with Gasteiger partial charge in [0, 0.05) is 37.1 Å². The van der Waals surface area contributed by atoms with Crippen molar-refractivity contribution in [2.24, 2.45) is 16.7 Å². The van der Waals surface area contributed by atoms with Crippen molar-refractivity contribution < 1.29 is 71.8 Å². The minimum Gasteiger partial charge on any atom is -0.455 e. The number of nitrogens with one attached hydrogen (secondary N) is 2. The maximum absolute atomic E-state index is 16.5. The number of fused-ring (bicyclic) bond motifs is 5. The number of carbonyl (C=O) groups is 5. The van der Waals surface area contributed by atoms with Crippen molar-refractivity contribution in [2.75, 3.05) is 6.61 Å². The van der Waals surface area contributed by atoms with Crippen LogP contribution in [0.2, 0.25) is 0 Å². The van der Waals surface area contributed by atoms with Gasteiger partial charge < -0.3 is 49.3 Å². The average molecular weight is 817 g/mol. The number of alkyl carbamates (subject to hydrolysis) is 1. The number of hydrogen-bond donors (Lipinski definition) is 5. The number of aromatic amines is 1. The number of H-pyrrole nitrogens is 1. The van der Waals surface area contributed by atoms with Crippen molar-refractivity contribution in [3.05, 3.63) is 71.1 Å². The summed E-state index contributed by atoms with van der Waals surface area (Å²) in [5.74, 6) is -11.1. The van der Waals surface area contributed by atoms with Gasteiger partial charge in [0.05, 0.1) is 29.6 Å². The first kappa shape index (κ1) is 42.9. The van der Waals surface area contributed by atoms with Crippen molar-refractivity contribution in [1.82, 2.24) is 10.3 Å². The van der Waals surface area contributed by atoms with Crippen LogP contribution in [0.25, 0.3) is 0 Å². The summed E-state index contributed by atoms with van der Waals surface area (Å²) in [5.41, 5.74) is -9.89. The lowest BCUT2D eigenvalue weighted by molar-refractivity contribution is -0.346. The smallest absolute Gasteiger partial charge is 0.408 e. The molecule has 1 saturated heterocycles. The van der Waals surface area contributed by atoms with Gasteiger partial charge in [0.15, 0.2) is 11.4 Å². The van der Waals surface area contributed by atoms with Crippen molar-refractivity contribution >= 4 is 29.8 Å². The molecule has 2 aromatic rings. The van der Waals surface area contributed by atoms with Gasteiger partial charge in [0.1, 0.15) is 41.7 Å². The van der Waals surface area contributed by atoms with E-state index < -0.39 is 112 Å². The molecule has 10 atom stereocenters. The van der Waals surface area contributed by atoms with Gasteiger partial charge in [-0.15, -0.1) is 0 Å². The number of aromatic nitrogens is 1. The van der Waals surface area contributed by atoms with E-state index in [2.05, 4.69) is 4.98 Å². The minimum atomic E-state index is -4.51. The predicted octanol–water partition coefficient (Wildman–Crippen LogP) is 3.86. The highest BCUT2D eigenvalue weighted by Crippen LogP contribution is 2.64. The summed E-state index contributed by atoms with van der Waals surface area (Å²) in [6.45, 7) is 10.8. The summed E-state index contributed by atoms with van der Waals surface area (Å²) >= 11 is 0. The fourth-order valence-electron chi connectivity index (χ4n) is 9.41. The number of rotatable bonds is 8.